The molecule has 1 saturated heterocycles. The van der Waals surface area contributed by atoms with Gasteiger partial charge in [-0.25, -0.2) is 0 Å². The van der Waals surface area contributed by atoms with Gasteiger partial charge in [0.1, 0.15) is 0 Å². The predicted octanol–water partition coefficient (Wildman–Crippen LogP) is 2.12. The molecule has 2 rings (SSSR count). The van der Waals surface area contributed by atoms with Crippen molar-refractivity contribution in [2.75, 3.05) is 13.1 Å². The van der Waals surface area contributed by atoms with Crippen LogP contribution in [-0.4, -0.2) is 29.8 Å². The Morgan fingerprint density at radius 1 is 1.30 bits per heavy atom. The highest BCUT2D eigenvalue weighted by Gasteiger charge is 2.36. The minimum absolute atomic E-state index is 0.00866. The van der Waals surface area contributed by atoms with E-state index < -0.39 is 0 Å². The SMILES string of the molecule is CCCNC(CN1C(=O)CC(C)C1=O)c1ccccc1. The molecule has 0 aromatic heterocycles. The summed E-state index contributed by atoms with van der Waals surface area (Å²) < 4.78 is 0. The summed E-state index contributed by atoms with van der Waals surface area (Å²) in [6, 6.07) is 9.99. The Balaban J connectivity index is 2.12. The molecule has 0 saturated carbocycles. The van der Waals surface area contributed by atoms with Crippen LogP contribution in [0, 0.1) is 5.92 Å². The standard InChI is InChI=1S/C16H22N2O2/c1-3-9-17-14(13-7-5-4-6-8-13)11-18-15(19)10-12(2)16(18)20/h4-8,12,14,17H,3,9-11H2,1-2H3. The summed E-state index contributed by atoms with van der Waals surface area (Å²) in [5.41, 5.74) is 1.11. The molecule has 0 spiro atoms. The van der Waals surface area contributed by atoms with E-state index in [0.717, 1.165) is 18.5 Å². The van der Waals surface area contributed by atoms with Crippen molar-refractivity contribution < 1.29 is 9.59 Å². The summed E-state index contributed by atoms with van der Waals surface area (Å²) in [6.07, 6.45) is 1.36. The number of benzene rings is 1. The Morgan fingerprint density at radius 3 is 2.55 bits per heavy atom. The number of hydrogen-bond donors (Lipinski definition) is 1. The van der Waals surface area contributed by atoms with E-state index in [1.807, 2.05) is 37.3 Å². The third-order valence-corrected chi connectivity index (χ3v) is 3.68. The first-order valence-electron chi connectivity index (χ1n) is 7.26. The summed E-state index contributed by atoms with van der Waals surface area (Å²) in [4.78, 5) is 25.4. The average molecular weight is 274 g/mol. The third kappa shape index (κ3) is 3.25. The maximum Gasteiger partial charge on any atom is 0.232 e. The quantitative estimate of drug-likeness (QED) is 0.808. The molecule has 1 N–H and O–H groups in total. The van der Waals surface area contributed by atoms with Crippen LogP contribution >= 0.6 is 0 Å². The summed E-state index contributed by atoms with van der Waals surface area (Å²) in [6.45, 7) is 5.21. The van der Waals surface area contributed by atoms with E-state index in [4.69, 9.17) is 0 Å². The topological polar surface area (TPSA) is 49.4 Å². The Bertz CT molecular complexity index is 473. The lowest BCUT2D eigenvalue weighted by molar-refractivity contribution is -0.139. The summed E-state index contributed by atoms with van der Waals surface area (Å²) in [5, 5.41) is 3.42. The summed E-state index contributed by atoms with van der Waals surface area (Å²) >= 11 is 0. The zero-order valence-corrected chi connectivity index (χ0v) is 12.1. The molecular formula is C16H22N2O2. The van der Waals surface area contributed by atoms with E-state index in [0.29, 0.717) is 13.0 Å². The van der Waals surface area contributed by atoms with Crippen molar-refractivity contribution >= 4 is 11.8 Å². The van der Waals surface area contributed by atoms with Gasteiger partial charge in [0.15, 0.2) is 0 Å². The Kier molecular flexibility index (Phi) is 4.90. The second-order valence-electron chi connectivity index (χ2n) is 5.37. The minimum atomic E-state index is -0.176. The monoisotopic (exact) mass is 274 g/mol. The van der Waals surface area contributed by atoms with Gasteiger partial charge >= 0.3 is 0 Å². The van der Waals surface area contributed by atoms with E-state index in [1.54, 1.807) is 0 Å². The first-order chi connectivity index (χ1) is 9.63. The van der Waals surface area contributed by atoms with Crippen molar-refractivity contribution in [1.29, 1.82) is 0 Å². The lowest BCUT2D eigenvalue weighted by Gasteiger charge is -2.24. The molecule has 1 aliphatic heterocycles. The lowest BCUT2D eigenvalue weighted by atomic mass is 10.1. The number of hydrogen-bond acceptors (Lipinski definition) is 3. The third-order valence-electron chi connectivity index (χ3n) is 3.68. The molecule has 0 aliphatic carbocycles. The molecule has 1 fully saturated rings. The molecule has 1 aromatic carbocycles. The molecule has 1 heterocycles. The van der Waals surface area contributed by atoms with Gasteiger partial charge in [-0.15, -0.1) is 0 Å². The molecule has 2 atom stereocenters. The first-order valence-corrected chi connectivity index (χ1v) is 7.26. The predicted molar refractivity (Wildman–Crippen MR) is 78.0 cm³/mol. The maximum atomic E-state index is 12.0. The van der Waals surface area contributed by atoms with Gasteiger partial charge in [-0.3, -0.25) is 14.5 Å². The highest BCUT2D eigenvalue weighted by Crippen LogP contribution is 2.22. The Labute approximate surface area is 120 Å². The number of rotatable bonds is 6. The zero-order chi connectivity index (χ0) is 14.5. The Hall–Kier alpha value is -1.68. The average Bonchev–Trinajstić information content (AvgIpc) is 2.70. The fraction of sp³-hybridized carbons (Fsp3) is 0.500. The Morgan fingerprint density at radius 2 is 2.00 bits per heavy atom. The maximum absolute atomic E-state index is 12.0. The van der Waals surface area contributed by atoms with E-state index >= 15 is 0 Å². The smallest absolute Gasteiger partial charge is 0.232 e. The molecule has 0 bridgehead atoms. The van der Waals surface area contributed by atoms with Gasteiger partial charge < -0.3 is 5.32 Å². The lowest BCUT2D eigenvalue weighted by Crippen LogP contribution is -2.39. The van der Waals surface area contributed by atoms with Crippen LogP contribution in [0.25, 0.3) is 0 Å². The van der Waals surface area contributed by atoms with Crippen LogP contribution < -0.4 is 5.32 Å². The van der Waals surface area contributed by atoms with Gasteiger partial charge in [-0.05, 0) is 18.5 Å². The van der Waals surface area contributed by atoms with Crippen LogP contribution in [0.4, 0.5) is 0 Å². The molecule has 1 aliphatic rings. The highest BCUT2D eigenvalue weighted by molar-refractivity contribution is 6.03. The summed E-state index contributed by atoms with van der Waals surface area (Å²) in [5.74, 6) is -0.277. The largest absolute Gasteiger partial charge is 0.308 e. The number of carbonyl (C=O) groups excluding carboxylic acids is 2. The number of carbonyl (C=O) groups is 2. The van der Waals surface area contributed by atoms with Crippen molar-refractivity contribution in [2.24, 2.45) is 5.92 Å². The molecule has 4 nitrogen and oxygen atoms in total. The van der Waals surface area contributed by atoms with Crippen LogP contribution in [0.15, 0.2) is 30.3 Å². The number of nitrogens with zero attached hydrogens (tertiary/aromatic N) is 1. The first kappa shape index (κ1) is 14.7. The fourth-order valence-electron chi connectivity index (χ4n) is 2.51. The van der Waals surface area contributed by atoms with E-state index in [9.17, 15) is 9.59 Å². The van der Waals surface area contributed by atoms with Crippen LogP contribution in [0.2, 0.25) is 0 Å². The van der Waals surface area contributed by atoms with Crippen molar-refractivity contribution in [2.45, 2.75) is 32.7 Å². The molecule has 4 heteroatoms. The van der Waals surface area contributed by atoms with Crippen LogP contribution in [0.3, 0.4) is 0 Å². The molecule has 2 amide bonds. The van der Waals surface area contributed by atoms with Gasteiger partial charge in [-0.2, -0.15) is 0 Å². The second-order valence-corrected chi connectivity index (χ2v) is 5.37. The van der Waals surface area contributed by atoms with E-state index in [1.165, 1.54) is 4.90 Å². The van der Waals surface area contributed by atoms with E-state index in [-0.39, 0.29) is 23.8 Å². The van der Waals surface area contributed by atoms with Gasteiger partial charge in [-0.1, -0.05) is 44.2 Å². The number of likely N-dealkylation sites (tertiary alicyclic amines) is 1. The fourth-order valence-corrected chi connectivity index (χ4v) is 2.51. The van der Waals surface area contributed by atoms with Gasteiger partial charge in [0.2, 0.25) is 11.8 Å². The molecule has 20 heavy (non-hydrogen) atoms. The highest BCUT2D eigenvalue weighted by atomic mass is 16.2. The van der Waals surface area contributed by atoms with Crippen molar-refractivity contribution in [3.63, 3.8) is 0 Å². The van der Waals surface area contributed by atoms with Gasteiger partial charge in [0, 0.05) is 18.9 Å². The summed E-state index contributed by atoms with van der Waals surface area (Å²) in [7, 11) is 0. The molecule has 108 valence electrons. The van der Waals surface area contributed by atoms with Gasteiger partial charge in [0.05, 0.1) is 6.04 Å². The van der Waals surface area contributed by atoms with Crippen LogP contribution in [0.5, 0.6) is 0 Å². The second kappa shape index (κ2) is 6.66. The molecule has 0 radical (unpaired) electrons. The minimum Gasteiger partial charge on any atom is -0.308 e. The van der Waals surface area contributed by atoms with Crippen molar-refractivity contribution in [3.05, 3.63) is 35.9 Å². The zero-order valence-electron chi connectivity index (χ0n) is 12.1. The number of imide groups is 1. The van der Waals surface area contributed by atoms with Crippen molar-refractivity contribution in [1.82, 2.24) is 10.2 Å². The number of amides is 2. The van der Waals surface area contributed by atoms with Crippen molar-refractivity contribution in [3.8, 4) is 0 Å². The van der Waals surface area contributed by atoms with Crippen LogP contribution in [-0.2, 0) is 9.59 Å². The van der Waals surface area contributed by atoms with Crippen LogP contribution in [0.1, 0.15) is 38.3 Å². The number of nitrogens with one attached hydrogen (secondary N) is 1. The van der Waals surface area contributed by atoms with Gasteiger partial charge in [0.25, 0.3) is 0 Å². The normalized spacial score (nSPS) is 20.5. The molecular weight excluding hydrogens is 252 g/mol. The molecule has 1 aromatic rings. The van der Waals surface area contributed by atoms with E-state index in [2.05, 4.69) is 12.2 Å². The molecule has 2 unspecified atom stereocenters.